The van der Waals surface area contributed by atoms with Crippen LogP contribution in [0, 0.1) is 6.92 Å². The SMILES string of the molecule is C=C/C(=C\C(=C/C)OC)Nc1ccc(COc2cc(C)ccc2N)cc1NCC. The van der Waals surface area contributed by atoms with Crippen molar-refractivity contribution >= 4 is 17.1 Å². The first kappa shape index (κ1) is 22.0. The maximum Gasteiger partial charge on any atom is 0.142 e. The van der Waals surface area contributed by atoms with Gasteiger partial charge in [-0.3, -0.25) is 0 Å². The molecule has 2 rings (SSSR count). The van der Waals surface area contributed by atoms with Crippen molar-refractivity contribution < 1.29 is 9.47 Å². The average molecular weight is 394 g/mol. The minimum atomic E-state index is 0.433. The smallest absolute Gasteiger partial charge is 0.142 e. The van der Waals surface area contributed by atoms with Crippen LogP contribution >= 0.6 is 0 Å². The summed E-state index contributed by atoms with van der Waals surface area (Å²) in [6.45, 7) is 11.1. The molecule has 4 N–H and O–H groups in total. The van der Waals surface area contributed by atoms with E-state index in [4.69, 9.17) is 15.2 Å². The molecule has 0 aliphatic heterocycles. The summed E-state index contributed by atoms with van der Waals surface area (Å²) < 4.78 is 11.2. The normalized spacial score (nSPS) is 11.7. The first-order valence-electron chi connectivity index (χ1n) is 9.67. The van der Waals surface area contributed by atoms with E-state index in [2.05, 4.69) is 30.2 Å². The minimum absolute atomic E-state index is 0.433. The number of hydrogen-bond donors (Lipinski definition) is 3. The van der Waals surface area contributed by atoms with Crippen LogP contribution in [-0.2, 0) is 11.3 Å². The lowest BCUT2D eigenvalue weighted by molar-refractivity contribution is 0.306. The van der Waals surface area contributed by atoms with Gasteiger partial charge >= 0.3 is 0 Å². The zero-order valence-corrected chi connectivity index (χ0v) is 17.7. The summed E-state index contributed by atoms with van der Waals surface area (Å²) >= 11 is 0. The van der Waals surface area contributed by atoms with Gasteiger partial charge < -0.3 is 25.8 Å². The molecule has 0 heterocycles. The van der Waals surface area contributed by atoms with Gasteiger partial charge in [-0.25, -0.2) is 0 Å². The van der Waals surface area contributed by atoms with Crippen molar-refractivity contribution in [2.45, 2.75) is 27.4 Å². The number of nitrogens with one attached hydrogen (secondary N) is 2. The van der Waals surface area contributed by atoms with E-state index in [1.54, 1.807) is 13.2 Å². The third kappa shape index (κ3) is 6.35. The van der Waals surface area contributed by atoms with Crippen LogP contribution < -0.4 is 21.1 Å². The van der Waals surface area contributed by atoms with Crippen LogP contribution in [0.15, 0.2) is 72.7 Å². The van der Waals surface area contributed by atoms with Crippen LogP contribution in [0.1, 0.15) is 25.0 Å². The summed E-state index contributed by atoms with van der Waals surface area (Å²) in [6, 6.07) is 11.9. The molecule has 0 aliphatic rings. The van der Waals surface area contributed by atoms with Crippen LogP contribution in [0.5, 0.6) is 5.75 Å². The predicted octanol–water partition coefficient (Wildman–Crippen LogP) is 5.62. The zero-order chi connectivity index (χ0) is 21.2. The molecule has 0 fully saturated rings. The maximum atomic E-state index is 6.01. The van der Waals surface area contributed by atoms with E-state index >= 15 is 0 Å². The van der Waals surface area contributed by atoms with E-state index < -0.39 is 0 Å². The van der Waals surface area contributed by atoms with Crippen molar-refractivity contribution in [2.75, 3.05) is 30.0 Å². The molecule has 2 aromatic carbocycles. The number of hydrogen-bond acceptors (Lipinski definition) is 5. The predicted molar refractivity (Wildman–Crippen MR) is 123 cm³/mol. The van der Waals surface area contributed by atoms with E-state index in [0.717, 1.165) is 40.5 Å². The van der Waals surface area contributed by atoms with Crippen molar-refractivity contribution in [3.63, 3.8) is 0 Å². The summed E-state index contributed by atoms with van der Waals surface area (Å²) in [4.78, 5) is 0. The molecule has 0 saturated carbocycles. The van der Waals surface area contributed by atoms with Crippen molar-refractivity contribution in [3.8, 4) is 5.75 Å². The van der Waals surface area contributed by atoms with E-state index in [1.807, 2.05) is 56.3 Å². The molecular weight excluding hydrogens is 362 g/mol. The van der Waals surface area contributed by atoms with Crippen LogP contribution in [0.3, 0.4) is 0 Å². The number of nitrogens with two attached hydrogens (primary N) is 1. The fraction of sp³-hybridized carbons (Fsp3) is 0.250. The topological polar surface area (TPSA) is 68.5 Å². The second-order valence-corrected chi connectivity index (χ2v) is 6.56. The first-order valence-corrected chi connectivity index (χ1v) is 9.67. The number of nitrogen functional groups attached to an aromatic ring is 1. The largest absolute Gasteiger partial charge is 0.497 e. The molecule has 0 aromatic heterocycles. The van der Waals surface area contributed by atoms with Gasteiger partial charge in [-0.2, -0.15) is 0 Å². The van der Waals surface area contributed by atoms with E-state index in [0.29, 0.717) is 18.0 Å². The molecule has 0 amide bonds. The summed E-state index contributed by atoms with van der Waals surface area (Å²) in [5, 5.41) is 6.79. The lowest BCUT2D eigenvalue weighted by Gasteiger charge is -2.16. The number of benzene rings is 2. The fourth-order valence-corrected chi connectivity index (χ4v) is 2.77. The molecule has 0 radical (unpaired) electrons. The van der Waals surface area contributed by atoms with Crippen molar-refractivity contribution in [3.05, 3.63) is 83.8 Å². The number of methoxy groups -OCH3 is 1. The molecule has 0 saturated heterocycles. The molecule has 0 atom stereocenters. The van der Waals surface area contributed by atoms with E-state index in [-0.39, 0.29) is 0 Å². The Labute approximate surface area is 173 Å². The minimum Gasteiger partial charge on any atom is -0.497 e. The van der Waals surface area contributed by atoms with Crippen molar-refractivity contribution in [1.82, 2.24) is 0 Å². The van der Waals surface area contributed by atoms with Gasteiger partial charge in [0.1, 0.15) is 18.1 Å². The monoisotopic (exact) mass is 393 g/mol. The summed E-state index contributed by atoms with van der Waals surface area (Å²) in [5.74, 6) is 1.46. The Balaban J connectivity index is 2.21. The Bertz CT molecular complexity index is 901. The maximum absolute atomic E-state index is 6.01. The number of allylic oxidation sites excluding steroid dienone is 3. The molecule has 5 heteroatoms. The molecule has 29 heavy (non-hydrogen) atoms. The lowest BCUT2D eigenvalue weighted by atomic mass is 10.1. The summed E-state index contributed by atoms with van der Waals surface area (Å²) in [6.07, 6.45) is 5.56. The van der Waals surface area contributed by atoms with Crippen LogP contribution in [-0.4, -0.2) is 13.7 Å². The van der Waals surface area contributed by atoms with Crippen molar-refractivity contribution in [1.29, 1.82) is 0 Å². The van der Waals surface area contributed by atoms with Crippen LogP contribution in [0.25, 0.3) is 0 Å². The van der Waals surface area contributed by atoms with Gasteiger partial charge in [-0.1, -0.05) is 18.7 Å². The highest BCUT2D eigenvalue weighted by Gasteiger charge is 2.07. The fourth-order valence-electron chi connectivity index (χ4n) is 2.77. The van der Waals surface area contributed by atoms with Gasteiger partial charge in [-0.05, 0) is 68.3 Å². The van der Waals surface area contributed by atoms with Gasteiger partial charge in [0.05, 0.1) is 24.2 Å². The summed E-state index contributed by atoms with van der Waals surface area (Å²) in [7, 11) is 1.65. The van der Waals surface area contributed by atoms with Gasteiger partial charge in [0, 0.05) is 18.3 Å². The highest BCUT2D eigenvalue weighted by Crippen LogP contribution is 2.27. The highest BCUT2D eigenvalue weighted by atomic mass is 16.5. The van der Waals surface area contributed by atoms with Gasteiger partial charge in [0.2, 0.25) is 0 Å². The average Bonchev–Trinajstić information content (AvgIpc) is 2.73. The Hall–Kier alpha value is -3.34. The zero-order valence-electron chi connectivity index (χ0n) is 17.7. The molecule has 0 bridgehead atoms. The third-order valence-corrected chi connectivity index (χ3v) is 4.33. The van der Waals surface area contributed by atoms with Crippen molar-refractivity contribution in [2.24, 2.45) is 0 Å². The number of aryl methyl sites for hydroxylation is 1. The highest BCUT2D eigenvalue weighted by molar-refractivity contribution is 5.72. The van der Waals surface area contributed by atoms with E-state index in [9.17, 15) is 0 Å². The first-order chi connectivity index (χ1) is 14.0. The van der Waals surface area contributed by atoms with Gasteiger partial charge in [-0.15, -0.1) is 0 Å². The van der Waals surface area contributed by atoms with Gasteiger partial charge in [0.15, 0.2) is 0 Å². The quantitative estimate of drug-likeness (QED) is 0.278. The lowest BCUT2D eigenvalue weighted by Crippen LogP contribution is -2.06. The molecule has 154 valence electrons. The molecule has 0 aliphatic carbocycles. The molecule has 0 spiro atoms. The van der Waals surface area contributed by atoms with Gasteiger partial charge in [0.25, 0.3) is 0 Å². The molecule has 2 aromatic rings. The number of ether oxygens (including phenoxy) is 2. The van der Waals surface area contributed by atoms with Crippen LogP contribution in [0.2, 0.25) is 0 Å². The molecule has 5 nitrogen and oxygen atoms in total. The molecular formula is C24H31N3O2. The van der Waals surface area contributed by atoms with E-state index in [1.165, 1.54) is 0 Å². The number of rotatable bonds is 10. The Morgan fingerprint density at radius 3 is 2.62 bits per heavy atom. The summed E-state index contributed by atoms with van der Waals surface area (Å²) in [5.41, 5.74) is 11.6. The third-order valence-electron chi connectivity index (χ3n) is 4.33. The number of anilines is 3. The molecule has 0 unspecified atom stereocenters. The Morgan fingerprint density at radius 1 is 1.17 bits per heavy atom. The standard InChI is InChI=1S/C24H31N3O2/c1-6-19(15-20(7-2)28-5)27-22-12-10-18(14-23(22)26-8-3)16-29-24-13-17(4)9-11-21(24)25/h6-7,9-15,26-27H,1,8,16,25H2,2-5H3/b19-15+,20-7+. The second-order valence-electron chi connectivity index (χ2n) is 6.56. The second kappa shape index (κ2) is 10.9. The van der Waals surface area contributed by atoms with Crippen LogP contribution in [0.4, 0.5) is 17.1 Å². The Kier molecular flexibility index (Phi) is 8.22. The Morgan fingerprint density at radius 2 is 1.97 bits per heavy atom.